The highest BCUT2D eigenvalue weighted by Crippen LogP contribution is 2.51. The third kappa shape index (κ3) is 2.26. The van der Waals surface area contributed by atoms with Gasteiger partial charge in [-0.3, -0.25) is 0 Å². The summed E-state index contributed by atoms with van der Waals surface area (Å²) in [4.78, 5) is 11.2. The van der Waals surface area contributed by atoms with Gasteiger partial charge in [0.1, 0.15) is 5.75 Å². The molecule has 0 radical (unpaired) electrons. The number of para-hydroxylation sites is 1. The first kappa shape index (κ1) is 14.8. The lowest BCUT2D eigenvalue weighted by Crippen LogP contribution is -2.30. The highest BCUT2D eigenvalue weighted by molar-refractivity contribution is 5.87. The van der Waals surface area contributed by atoms with Crippen LogP contribution in [-0.4, -0.2) is 13.1 Å². The summed E-state index contributed by atoms with van der Waals surface area (Å²) in [5.74, 6) is 0.278. The van der Waals surface area contributed by atoms with Crippen molar-refractivity contribution in [1.82, 2.24) is 0 Å². The van der Waals surface area contributed by atoms with Gasteiger partial charge in [0, 0.05) is 17.2 Å². The fourth-order valence-electron chi connectivity index (χ4n) is 3.95. The van der Waals surface area contributed by atoms with E-state index in [2.05, 4.69) is 23.5 Å². The molecule has 4 heteroatoms. The van der Waals surface area contributed by atoms with E-state index in [4.69, 9.17) is 4.74 Å². The third-order valence-electron chi connectivity index (χ3n) is 5.07. The van der Waals surface area contributed by atoms with E-state index in [9.17, 15) is 9.90 Å². The van der Waals surface area contributed by atoms with E-state index in [-0.39, 0.29) is 17.5 Å². The van der Waals surface area contributed by atoms with Gasteiger partial charge in [0.15, 0.2) is 0 Å². The van der Waals surface area contributed by atoms with E-state index >= 15 is 0 Å². The Labute approximate surface area is 140 Å². The van der Waals surface area contributed by atoms with Gasteiger partial charge in [-0.25, -0.2) is 0 Å². The zero-order chi connectivity index (χ0) is 16.7. The highest BCUT2D eigenvalue weighted by Gasteiger charge is 2.38. The molecular weight excluding hydrogens is 302 g/mol. The number of benzene rings is 2. The van der Waals surface area contributed by atoms with E-state index < -0.39 is 5.97 Å². The molecule has 1 aliphatic heterocycles. The Morgan fingerprint density at radius 1 is 1.21 bits per heavy atom. The van der Waals surface area contributed by atoms with Gasteiger partial charge in [0.05, 0.1) is 19.1 Å². The number of carbonyl (C=O) groups excluding carboxylic acids is 1. The zero-order valence-corrected chi connectivity index (χ0v) is 13.4. The number of fused-ring (bicyclic) bond motifs is 3. The molecule has 0 saturated heterocycles. The van der Waals surface area contributed by atoms with Crippen molar-refractivity contribution in [2.45, 2.75) is 18.4 Å². The predicted molar refractivity (Wildman–Crippen MR) is 90.1 cm³/mol. The molecule has 0 amide bonds. The Morgan fingerprint density at radius 3 is 2.83 bits per heavy atom. The Morgan fingerprint density at radius 2 is 2.04 bits per heavy atom. The summed E-state index contributed by atoms with van der Waals surface area (Å²) < 4.78 is 5.54. The maximum absolute atomic E-state index is 11.2. The average molecular weight is 320 g/mol. The molecular formula is C20H18NO3-. The molecule has 24 heavy (non-hydrogen) atoms. The van der Waals surface area contributed by atoms with Crippen molar-refractivity contribution >= 4 is 11.7 Å². The van der Waals surface area contributed by atoms with Crippen molar-refractivity contribution in [1.29, 1.82) is 0 Å². The van der Waals surface area contributed by atoms with E-state index in [1.54, 1.807) is 19.2 Å². The number of rotatable bonds is 3. The summed E-state index contributed by atoms with van der Waals surface area (Å²) in [6, 6.07) is 13.4. The van der Waals surface area contributed by atoms with Crippen molar-refractivity contribution in [3.05, 3.63) is 71.3 Å². The number of ether oxygens (including phenoxy) is 1. The number of hydrogen-bond donors (Lipinski definition) is 1. The minimum Gasteiger partial charge on any atom is -0.545 e. The second-order valence-electron chi connectivity index (χ2n) is 6.31. The van der Waals surface area contributed by atoms with Crippen LogP contribution in [0.4, 0.5) is 5.69 Å². The van der Waals surface area contributed by atoms with Crippen molar-refractivity contribution < 1.29 is 14.6 Å². The molecule has 3 unspecified atom stereocenters. The number of aromatic carboxylic acids is 1. The molecule has 1 aliphatic carbocycles. The standard InChI is InChI=1S/C20H19NO3/c1-24-18-8-3-2-5-15(18)19-14-7-4-6-13(14)16-11-12(20(22)23)9-10-17(16)21-19/h2-6,8-11,13-14,19,21H,7H2,1H3,(H,22,23)/p-1. The number of allylic oxidation sites excluding steroid dienone is 2. The van der Waals surface area contributed by atoms with Crippen LogP contribution in [0, 0.1) is 5.92 Å². The Hall–Kier alpha value is -2.75. The predicted octanol–water partition coefficient (Wildman–Crippen LogP) is 2.89. The molecule has 122 valence electrons. The van der Waals surface area contributed by atoms with Gasteiger partial charge in [0.25, 0.3) is 0 Å². The molecule has 1 N–H and O–H groups in total. The maximum atomic E-state index is 11.2. The molecule has 2 aliphatic rings. The van der Waals surface area contributed by atoms with Crippen LogP contribution in [0.15, 0.2) is 54.6 Å². The number of carbonyl (C=O) groups is 1. The Balaban J connectivity index is 1.80. The summed E-state index contributed by atoms with van der Waals surface area (Å²) in [6.07, 6.45) is 5.32. The van der Waals surface area contributed by atoms with Crippen LogP contribution in [0.2, 0.25) is 0 Å². The molecule has 4 nitrogen and oxygen atoms in total. The van der Waals surface area contributed by atoms with Crippen LogP contribution >= 0.6 is 0 Å². The lowest BCUT2D eigenvalue weighted by Gasteiger charge is -2.38. The van der Waals surface area contributed by atoms with Gasteiger partial charge in [-0.05, 0) is 41.7 Å². The van der Waals surface area contributed by atoms with Crippen molar-refractivity contribution in [3.8, 4) is 5.75 Å². The van der Waals surface area contributed by atoms with Gasteiger partial charge in [0.2, 0.25) is 0 Å². The smallest absolute Gasteiger partial charge is 0.124 e. The maximum Gasteiger partial charge on any atom is 0.124 e. The van der Waals surface area contributed by atoms with E-state index in [0.717, 1.165) is 29.0 Å². The van der Waals surface area contributed by atoms with E-state index in [1.807, 2.05) is 24.3 Å². The first-order valence-electron chi connectivity index (χ1n) is 8.10. The molecule has 2 aromatic carbocycles. The average Bonchev–Trinajstić information content (AvgIpc) is 3.10. The van der Waals surface area contributed by atoms with Crippen LogP contribution in [0.3, 0.4) is 0 Å². The normalized spacial score (nSPS) is 24.0. The second kappa shape index (κ2) is 5.71. The molecule has 0 spiro atoms. The lowest BCUT2D eigenvalue weighted by atomic mass is 9.76. The second-order valence-corrected chi connectivity index (χ2v) is 6.31. The largest absolute Gasteiger partial charge is 0.545 e. The molecule has 2 aromatic rings. The van der Waals surface area contributed by atoms with Crippen LogP contribution in [0.5, 0.6) is 5.75 Å². The van der Waals surface area contributed by atoms with Gasteiger partial charge >= 0.3 is 0 Å². The molecule has 1 heterocycles. The summed E-state index contributed by atoms with van der Waals surface area (Å²) in [5, 5.41) is 14.8. The summed E-state index contributed by atoms with van der Waals surface area (Å²) in [6.45, 7) is 0. The Bertz CT molecular complexity index is 827. The number of carboxylic acid groups (broad SMARTS) is 1. The van der Waals surface area contributed by atoms with Crippen LogP contribution in [-0.2, 0) is 0 Å². The number of nitrogens with one attached hydrogen (secondary N) is 1. The van der Waals surface area contributed by atoms with Crippen LogP contribution in [0.25, 0.3) is 0 Å². The number of hydrogen-bond acceptors (Lipinski definition) is 4. The van der Waals surface area contributed by atoms with Gasteiger partial charge in [-0.15, -0.1) is 0 Å². The molecule has 0 saturated carbocycles. The molecule has 0 bridgehead atoms. The molecule has 4 rings (SSSR count). The SMILES string of the molecule is COc1ccccc1C1Nc2ccc(C(=O)[O-])cc2C2C=CCC21. The molecule has 0 fully saturated rings. The first-order valence-corrected chi connectivity index (χ1v) is 8.10. The Kier molecular flexibility index (Phi) is 3.53. The summed E-state index contributed by atoms with van der Waals surface area (Å²) in [7, 11) is 1.69. The van der Waals surface area contributed by atoms with Gasteiger partial charge in [-0.2, -0.15) is 0 Å². The van der Waals surface area contributed by atoms with Crippen LogP contribution < -0.4 is 15.2 Å². The fraction of sp³-hybridized carbons (Fsp3) is 0.250. The fourth-order valence-corrected chi connectivity index (χ4v) is 3.95. The monoisotopic (exact) mass is 320 g/mol. The van der Waals surface area contributed by atoms with Crippen molar-refractivity contribution in [2.24, 2.45) is 5.92 Å². The lowest BCUT2D eigenvalue weighted by molar-refractivity contribution is -0.255. The highest BCUT2D eigenvalue weighted by atomic mass is 16.5. The summed E-state index contributed by atoms with van der Waals surface area (Å²) in [5.41, 5.74) is 3.36. The topological polar surface area (TPSA) is 61.4 Å². The summed E-state index contributed by atoms with van der Waals surface area (Å²) >= 11 is 0. The van der Waals surface area contributed by atoms with E-state index in [1.165, 1.54) is 0 Å². The van der Waals surface area contributed by atoms with Gasteiger partial charge in [-0.1, -0.05) is 36.4 Å². The van der Waals surface area contributed by atoms with E-state index in [0.29, 0.717) is 5.92 Å². The number of methoxy groups -OCH3 is 1. The number of carboxylic acids is 1. The number of anilines is 1. The zero-order valence-electron chi connectivity index (χ0n) is 13.4. The van der Waals surface area contributed by atoms with Crippen molar-refractivity contribution in [3.63, 3.8) is 0 Å². The minimum absolute atomic E-state index is 0.127. The van der Waals surface area contributed by atoms with Gasteiger partial charge < -0.3 is 20.0 Å². The quantitative estimate of drug-likeness (QED) is 0.883. The van der Waals surface area contributed by atoms with Crippen molar-refractivity contribution in [2.75, 3.05) is 12.4 Å². The molecule has 0 aromatic heterocycles. The third-order valence-corrected chi connectivity index (χ3v) is 5.07. The molecule has 3 atom stereocenters. The first-order chi connectivity index (χ1) is 11.7. The van der Waals surface area contributed by atoms with Crippen LogP contribution in [0.1, 0.15) is 39.9 Å². The minimum atomic E-state index is -1.14.